The number of para-hydroxylation sites is 1. The normalized spacial score (nSPS) is 16.6. The van der Waals surface area contributed by atoms with E-state index in [0.717, 1.165) is 60.8 Å². The highest BCUT2D eigenvalue weighted by Crippen LogP contribution is 2.27. The highest BCUT2D eigenvalue weighted by Gasteiger charge is 2.16. The van der Waals surface area contributed by atoms with Crippen LogP contribution in [0.2, 0.25) is 0 Å². The van der Waals surface area contributed by atoms with Crippen molar-refractivity contribution >= 4 is 0 Å². The lowest BCUT2D eigenvalue weighted by atomic mass is 10.1. The van der Waals surface area contributed by atoms with Crippen LogP contribution < -0.4 is 10.1 Å². The van der Waals surface area contributed by atoms with Gasteiger partial charge in [0.25, 0.3) is 0 Å². The molecule has 140 valence electrons. The molecule has 1 N–H and O–H groups in total. The van der Waals surface area contributed by atoms with Gasteiger partial charge in [-0.2, -0.15) is 5.10 Å². The molecule has 4 rings (SSSR count). The van der Waals surface area contributed by atoms with Crippen molar-refractivity contribution in [2.24, 2.45) is 0 Å². The van der Waals surface area contributed by atoms with Gasteiger partial charge in [-0.15, -0.1) is 0 Å². The van der Waals surface area contributed by atoms with E-state index in [2.05, 4.69) is 29.7 Å². The smallest absolute Gasteiger partial charge is 0.119 e. The Morgan fingerprint density at radius 1 is 1.19 bits per heavy atom. The Bertz CT molecular complexity index is 870. The van der Waals surface area contributed by atoms with Crippen LogP contribution in [0.5, 0.6) is 5.75 Å². The molecule has 2 aromatic carbocycles. The van der Waals surface area contributed by atoms with E-state index in [1.54, 1.807) is 7.11 Å². The number of nitrogens with one attached hydrogen (secondary N) is 1. The van der Waals surface area contributed by atoms with Gasteiger partial charge >= 0.3 is 0 Å². The maximum absolute atomic E-state index is 5.71. The summed E-state index contributed by atoms with van der Waals surface area (Å²) < 4.78 is 13.0. The monoisotopic (exact) mass is 363 g/mol. The fourth-order valence-corrected chi connectivity index (χ4v) is 3.44. The summed E-state index contributed by atoms with van der Waals surface area (Å²) in [5.74, 6) is 0.833. The number of methoxy groups -OCH3 is 1. The zero-order valence-corrected chi connectivity index (χ0v) is 15.6. The molecular weight excluding hydrogens is 338 g/mol. The summed E-state index contributed by atoms with van der Waals surface area (Å²) in [6.45, 7) is 2.50. The fourth-order valence-electron chi connectivity index (χ4n) is 3.44. The van der Waals surface area contributed by atoms with Gasteiger partial charge in [0.1, 0.15) is 5.75 Å². The summed E-state index contributed by atoms with van der Waals surface area (Å²) in [5, 5.41) is 8.40. The molecule has 0 spiro atoms. The minimum atomic E-state index is 0.328. The molecule has 0 saturated carbocycles. The third-order valence-corrected chi connectivity index (χ3v) is 4.87. The van der Waals surface area contributed by atoms with E-state index in [-0.39, 0.29) is 0 Å². The molecule has 3 aromatic rings. The van der Waals surface area contributed by atoms with Crippen LogP contribution in [-0.4, -0.2) is 36.1 Å². The predicted molar refractivity (Wildman–Crippen MR) is 106 cm³/mol. The summed E-state index contributed by atoms with van der Waals surface area (Å²) in [7, 11) is 1.69. The molecule has 5 heteroatoms. The lowest BCUT2D eigenvalue weighted by molar-refractivity contribution is 0.110. The fraction of sp³-hybridized carbons (Fsp3) is 0.318. The first kappa shape index (κ1) is 17.8. The molecule has 2 heterocycles. The molecule has 1 saturated heterocycles. The summed E-state index contributed by atoms with van der Waals surface area (Å²) in [5.41, 5.74) is 4.23. The van der Waals surface area contributed by atoms with Crippen molar-refractivity contribution in [3.05, 3.63) is 66.4 Å². The van der Waals surface area contributed by atoms with E-state index in [9.17, 15) is 0 Å². The third kappa shape index (κ3) is 4.21. The quantitative estimate of drug-likeness (QED) is 0.693. The lowest BCUT2D eigenvalue weighted by Gasteiger charge is -2.10. The van der Waals surface area contributed by atoms with Crippen LogP contribution in [0.4, 0.5) is 0 Å². The Morgan fingerprint density at radius 2 is 2.07 bits per heavy atom. The van der Waals surface area contributed by atoms with Crippen molar-refractivity contribution in [3.63, 3.8) is 0 Å². The second-order valence-corrected chi connectivity index (χ2v) is 6.78. The Kier molecular flexibility index (Phi) is 5.51. The van der Waals surface area contributed by atoms with Crippen molar-refractivity contribution in [1.29, 1.82) is 0 Å². The van der Waals surface area contributed by atoms with Crippen LogP contribution in [0, 0.1) is 0 Å². The number of benzene rings is 2. The number of rotatable bonds is 7. The molecule has 1 atom stereocenters. The molecule has 1 aliphatic rings. The van der Waals surface area contributed by atoms with Crippen LogP contribution >= 0.6 is 0 Å². The number of aromatic nitrogens is 2. The Hall–Kier alpha value is -2.63. The van der Waals surface area contributed by atoms with E-state index < -0.39 is 0 Å². The maximum atomic E-state index is 5.71. The van der Waals surface area contributed by atoms with Crippen LogP contribution in [0.1, 0.15) is 18.4 Å². The van der Waals surface area contributed by atoms with Crippen molar-refractivity contribution in [2.75, 3.05) is 20.3 Å². The van der Waals surface area contributed by atoms with Crippen molar-refractivity contribution in [2.45, 2.75) is 25.5 Å². The summed E-state index contributed by atoms with van der Waals surface area (Å²) in [6, 6.07) is 18.2. The summed E-state index contributed by atoms with van der Waals surface area (Å²) >= 11 is 0. The van der Waals surface area contributed by atoms with Gasteiger partial charge in [-0.25, -0.2) is 4.68 Å². The minimum absolute atomic E-state index is 0.328. The number of nitrogens with zero attached hydrogens (tertiary/aromatic N) is 2. The first-order valence-electron chi connectivity index (χ1n) is 9.44. The summed E-state index contributed by atoms with van der Waals surface area (Å²) in [6.07, 6.45) is 4.73. The van der Waals surface area contributed by atoms with Crippen molar-refractivity contribution in [3.8, 4) is 22.7 Å². The van der Waals surface area contributed by atoms with E-state index in [0.29, 0.717) is 6.10 Å². The zero-order valence-electron chi connectivity index (χ0n) is 15.6. The lowest BCUT2D eigenvalue weighted by Crippen LogP contribution is -2.25. The van der Waals surface area contributed by atoms with Crippen molar-refractivity contribution in [1.82, 2.24) is 15.1 Å². The van der Waals surface area contributed by atoms with Gasteiger partial charge in [-0.1, -0.05) is 30.3 Å². The molecule has 5 nitrogen and oxygen atoms in total. The average molecular weight is 363 g/mol. The largest absolute Gasteiger partial charge is 0.497 e. The first-order valence-corrected chi connectivity index (χ1v) is 9.44. The number of hydrogen-bond donors (Lipinski definition) is 1. The zero-order chi connectivity index (χ0) is 18.5. The van der Waals surface area contributed by atoms with Gasteiger partial charge in [0, 0.05) is 37.0 Å². The molecule has 0 unspecified atom stereocenters. The summed E-state index contributed by atoms with van der Waals surface area (Å²) in [4.78, 5) is 0. The van der Waals surface area contributed by atoms with E-state index in [1.165, 1.54) is 0 Å². The Balaban J connectivity index is 1.61. The van der Waals surface area contributed by atoms with Crippen LogP contribution in [0.15, 0.2) is 60.8 Å². The van der Waals surface area contributed by atoms with Gasteiger partial charge in [-0.05, 0) is 37.1 Å². The second kappa shape index (κ2) is 8.37. The van der Waals surface area contributed by atoms with Crippen LogP contribution in [0.25, 0.3) is 16.9 Å². The molecule has 1 aliphatic heterocycles. The topological polar surface area (TPSA) is 48.3 Å². The number of ether oxygens (including phenoxy) is 2. The van der Waals surface area contributed by atoms with Crippen LogP contribution in [0.3, 0.4) is 0 Å². The standard InChI is InChI=1S/C22H25N3O2/c1-26-20-10-5-7-17(13-20)22-18(14-23-15-21-11-6-12-27-21)16-25(24-22)19-8-3-2-4-9-19/h2-5,7-10,13,16,21,23H,6,11-12,14-15H2,1H3/t21-/m1/s1. The van der Waals surface area contributed by atoms with E-state index >= 15 is 0 Å². The molecule has 0 aliphatic carbocycles. The second-order valence-electron chi connectivity index (χ2n) is 6.78. The molecule has 1 aromatic heterocycles. The molecule has 0 amide bonds. The SMILES string of the molecule is COc1cccc(-c2nn(-c3ccccc3)cc2CNC[C@H]2CCCO2)c1. The van der Waals surface area contributed by atoms with Gasteiger partial charge in [0.05, 0.1) is 24.6 Å². The Labute approximate surface area is 159 Å². The van der Waals surface area contributed by atoms with Gasteiger partial charge in [-0.3, -0.25) is 0 Å². The molecule has 1 fully saturated rings. The highest BCUT2D eigenvalue weighted by atomic mass is 16.5. The highest BCUT2D eigenvalue weighted by molar-refractivity contribution is 5.65. The van der Waals surface area contributed by atoms with E-state index in [1.807, 2.05) is 41.1 Å². The van der Waals surface area contributed by atoms with Gasteiger partial charge in [0.15, 0.2) is 0 Å². The Morgan fingerprint density at radius 3 is 2.85 bits per heavy atom. The number of hydrogen-bond acceptors (Lipinski definition) is 4. The molecule has 27 heavy (non-hydrogen) atoms. The molecule has 0 radical (unpaired) electrons. The predicted octanol–water partition coefficient (Wildman–Crippen LogP) is 3.82. The van der Waals surface area contributed by atoms with Crippen LogP contribution in [-0.2, 0) is 11.3 Å². The maximum Gasteiger partial charge on any atom is 0.119 e. The average Bonchev–Trinajstić information content (AvgIpc) is 3.39. The minimum Gasteiger partial charge on any atom is -0.497 e. The van der Waals surface area contributed by atoms with Crippen molar-refractivity contribution < 1.29 is 9.47 Å². The van der Waals surface area contributed by atoms with E-state index in [4.69, 9.17) is 14.6 Å². The molecule has 0 bridgehead atoms. The van der Waals surface area contributed by atoms with Gasteiger partial charge < -0.3 is 14.8 Å². The third-order valence-electron chi connectivity index (χ3n) is 4.87. The first-order chi connectivity index (χ1) is 13.3. The molecular formula is C22H25N3O2. The van der Waals surface area contributed by atoms with Gasteiger partial charge in [0.2, 0.25) is 0 Å².